The molecule has 0 aliphatic heterocycles. The first-order valence-electron chi connectivity index (χ1n) is 7.92. The predicted molar refractivity (Wildman–Crippen MR) is 95.9 cm³/mol. The summed E-state index contributed by atoms with van der Waals surface area (Å²) < 4.78 is 10.0. The third-order valence-electron chi connectivity index (χ3n) is 3.41. The normalized spacial score (nSPS) is 9.92. The Morgan fingerprint density at radius 1 is 0.962 bits per heavy atom. The zero-order valence-corrected chi connectivity index (χ0v) is 14.6. The van der Waals surface area contributed by atoms with Gasteiger partial charge in [0.15, 0.2) is 6.61 Å². The Labute approximate surface area is 151 Å². The second kappa shape index (κ2) is 9.22. The van der Waals surface area contributed by atoms with Crippen LogP contribution in [0, 0.1) is 0 Å². The zero-order valence-electron chi connectivity index (χ0n) is 14.6. The first-order chi connectivity index (χ1) is 12.5. The van der Waals surface area contributed by atoms with Crippen molar-refractivity contribution in [1.82, 2.24) is 5.32 Å². The van der Waals surface area contributed by atoms with E-state index in [0.29, 0.717) is 23.5 Å². The maximum atomic E-state index is 11.9. The van der Waals surface area contributed by atoms with Crippen LogP contribution in [0.15, 0.2) is 48.5 Å². The Morgan fingerprint density at radius 3 is 2.19 bits per heavy atom. The number of hydrogen-bond acceptors (Lipinski definition) is 5. The molecule has 0 saturated heterocycles. The van der Waals surface area contributed by atoms with E-state index in [1.807, 2.05) is 0 Å². The number of methoxy groups -OCH3 is 1. The highest BCUT2D eigenvalue weighted by atomic mass is 16.5. The van der Waals surface area contributed by atoms with Crippen LogP contribution < -0.4 is 15.4 Å². The number of benzene rings is 2. The number of esters is 1. The van der Waals surface area contributed by atoms with E-state index in [2.05, 4.69) is 15.4 Å². The van der Waals surface area contributed by atoms with Gasteiger partial charge in [0.25, 0.3) is 5.91 Å². The SMILES string of the molecule is COC(=O)c1ccc(CNC(=O)COc2ccc(NC(C)=O)cc2)cc1. The van der Waals surface area contributed by atoms with Gasteiger partial charge in [-0.15, -0.1) is 0 Å². The molecular weight excluding hydrogens is 336 g/mol. The molecule has 0 bridgehead atoms. The molecule has 2 rings (SSSR count). The maximum absolute atomic E-state index is 11.9. The molecule has 0 aliphatic carbocycles. The summed E-state index contributed by atoms with van der Waals surface area (Å²) in [7, 11) is 1.32. The molecule has 0 atom stereocenters. The Balaban J connectivity index is 1.76. The maximum Gasteiger partial charge on any atom is 0.337 e. The molecule has 0 aliphatic rings. The van der Waals surface area contributed by atoms with E-state index in [-0.39, 0.29) is 18.4 Å². The molecule has 0 aromatic heterocycles. The molecule has 2 aromatic rings. The van der Waals surface area contributed by atoms with Crippen LogP contribution >= 0.6 is 0 Å². The van der Waals surface area contributed by atoms with Crippen molar-refractivity contribution < 1.29 is 23.9 Å². The number of carbonyl (C=O) groups is 3. The van der Waals surface area contributed by atoms with Crippen LogP contribution in [0.1, 0.15) is 22.8 Å². The lowest BCUT2D eigenvalue weighted by molar-refractivity contribution is -0.123. The average Bonchev–Trinajstić information content (AvgIpc) is 2.65. The molecule has 136 valence electrons. The van der Waals surface area contributed by atoms with Gasteiger partial charge in [0.2, 0.25) is 5.91 Å². The summed E-state index contributed by atoms with van der Waals surface area (Å²) in [6.07, 6.45) is 0. The minimum absolute atomic E-state index is 0.125. The van der Waals surface area contributed by atoms with Crippen molar-refractivity contribution >= 4 is 23.5 Å². The van der Waals surface area contributed by atoms with E-state index in [1.54, 1.807) is 48.5 Å². The second-order valence-electron chi connectivity index (χ2n) is 5.46. The van der Waals surface area contributed by atoms with Gasteiger partial charge in [-0.25, -0.2) is 4.79 Å². The van der Waals surface area contributed by atoms with Crippen molar-refractivity contribution in [2.24, 2.45) is 0 Å². The number of hydrogen-bond donors (Lipinski definition) is 2. The fraction of sp³-hybridized carbons (Fsp3) is 0.211. The quantitative estimate of drug-likeness (QED) is 0.741. The van der Waals surface area contributed by atoms with Gasteiger partial charge < -0.3 is 20.1 Å². The summed E-state index contributed by atoms with van der Waals surface area (Å²) >= 11 is 0. The van der Waals surface area contributed by atoms with Crippen LogP contribution in [0.25, 0.3) is 0 Å². The highest BCUT2D eigenvalue weighted by Gasteiger charge is 2.06. The van der Waals surface area contributed by atoms with Crippen LogP contribution in [-0.2, 0) is 20.9 Å². The summed E-state index contributed by atoms with van der Waals surface area (Å²) in [5.41, 5.74) is 1.96. The van der Waals surface area contributed by atoms with E-state index in [4.69, 9.17) is 4.74 Å². The Bertz CT molecular complexity index is 770. The van der Waals surface area contributed by atoms with Crippen LogP contribution in [0.3, 0.4) is 0 Å². The molecule has 0 spiro atoms. The lowest BCUT2D eigenvalue weighted by Crippen LogP contribution is -2.28. The van der Waals surface area contributed by atoms with E-state index < -0.39 is 5.97 Å². The van der Waals surface area contributed by atoms with Crippen molar-refractivity contribution in [3.05, 3.63) is 59.7 Å². The summed E-state index contributed by atoms with van der Waals surface area (Å²) in [5, 5.41) is 5.38. The number of rotatable bonds is 7. The second-order valence-corrected chi connectivity index (χ2v) is 5.46. The van der Waals surface area contributed by atoms with Gasteiger partial charge in [-0.2, -0.15) is 0 Å². The van der Waals surface area contributed by atoms with E-state index >= 15 is 0 Å². The van der Waals surface area contributed by atoms with Gasteiger partial charge in [-0.3, -0.25) is 9.59 Å². The highest BCUT2D eigenvalue weighted by Crippen LogP contribution is 2.15. The van der Waals surface area contributed by atoms with Crippen molar-refractivity contribution in [2.45, 2.75) is 13.5 Å². The van der Waals surface area contributed by atoms with Gasteiger partial charge >= 0.3 is 5.97 Å². The molecule has 26 heavy (non-hydrogen) atoms. The lowest BCUT2D eigenvalue weighted by Gasteiger charge is -2.09. The van der Waals surface area contributed by atoms with Crippen LogP contribution in [0.5, 0.6) is 5.75 Å². The molecule has 0 heterocycles. The van der Waals surface area contributed by atoms with Crippen molar-refractivity contribution in [3.8, 4) is 5.75 Å². The molecule has 0 unspecified atom stereocenters. The Hall–Kier alpha value is -3.35. The van der Waals surface area contributed by atoms with Crippen molar-refractivity contribution in [1.29, 1.82) is 0 Å². The summed E-state index contributed by atoms with van der Waals surface area (Å²) in [6.45, 7) is 1.63. The zero-order chi connectivity index (χ0) is 18.9. The third-order valence-corrected chi connectivity index (χ3v) is 3.41. The number of carbonyl (C=O) groups excluding carboxylic acids is 3. The van der Waals surface area contributed by atoms with E-state index in [9.17, 15) is 14.4 Å². The molecule has 2 N–H and O–H groups in total. The monoisotopic (exact) mass is 356 g/mol. The lowest BCUT2D eigenvalue weighted by atomic mass is 10.1. The minimum atomic E-state index is -0.404. The smallest absolute Gasteiger partial charge is 0.337 e. The van der Waals surface area contributed by atoms with Crippen molar-refractivity contribution in [2.75, 3.05) is 19.0 Å². The number of amides is 2. The highest BCUT2D eigenvalue weighted by molar-refractivity contribution is 5.89. The molecule has 0 saturated carbocycles. The van der Waals surface area contributed by atoms with Gasteiger partial charge in [0.05, 0.1) is 12.7 Å². The summed E-state index contributed by atoms with van der Waals surface area (Å²) in [6, 6.07) is 13.5. The Kier molecular flexibility index (Phi) is 6.73. The Morgan fingerprint density at radius 2 is 1.62 bits per heavy atom. The molecule has 7 nitrogen and oxygen atoms in total. The molecule has 2 aromatic carbocycles. The van der Waals surface area contributed by atoms with Gasteiger partial charge in [0, 0.05) is 19.2 Å². The molecule has 0 radical (unpaired) electrons. The van der Waals surface area contributed by atoms with Crippen LogP contribution in [0.4, 0.5) is 5.69 Å². The van der Waals surface area contributed by atoms with E-state index in [1.165, 1.54) is 14.0 Å². The fourth-order valence-corrected chi connectivity index (χ4v) is 2.11. The average molecular weight is 356 g/mol. The molecule has 7 heteroatoms. The third kappa shape index (κ3) is 5.94. The standard InChI is InChI=1S/C19H20N2O5/c1-13(22)21-16-7-9-17(10-8-16)26-12-18(23)20-11-14-3-5-15(6-4-14)19(24)25-2/h3-10H,11-12H2,1-2H3,(H,20,23)(H,21,22). The summed E-state index contributed by atoms with van der Waals surface area (Å²) in [4.78, 5) is 34.2. The molecular formula is C19H20N2O5. The van der Waals surface area contributed by atoms with Crippen LogP contribution in [0.2, 0.25) is 0 Å². The van der Waals surface area contributed by atoms with Crippen LogP contribution in [-0.4, -0.2) is 31.5 Å². The predicted octanol–water partition coefficient (Wildman–Crippen LogP) is 2.13. The molecule has 2 amide bonds. The van der Waals surface area contributed by atoms with Gasteiger partial charge in [-0.05, 0) is 42.0 Å². The molecule has 0 fully saturated rings. The topological polar surface area (TPSA) is 93.7 Å². The first-order valence-corrected chi connectivity index (χ1v) is 7.92. The van der Waals surface area contributed by atoms with E-state index in [0.717, 1.165) is 5.56 Å². The van der Waals surface area contributed by atoms with Crippen molar-refractivity contribution in [3.63, 3.8) is 0 Å². The van der Waals surface area contributed by atoms with Gasteiger partial charge in [0.1, 0.15) is 5.75 Å². The summed E-state index contributed by atoms with van der Waals surface area (Å²) in [5.74, 6) is -0.305. The van der Waals surface area contributed by atoms with Gasteiger partial charge in [-0.1, -0.05) is 12.1 Å². The minimum Gasteiger partial charge on any atom is -0.484 e. The number of nitrogens with one attached hydrogen (secondary N) is 2. The largest absolute Gasteiger partial charge is 0.484 e. The number of ether oxygens (including phenoxy) is 2. The number of anilines is 1. The fourth-order valence-electron chi connectivity index (χ4n) is 2.11. The first kappa shape index (κ1) is 19.0.